The van der Waals surface area contributed by atoms with Crippen LogP contribution in [0.1, 0.15) is 37.3 Å². The van der Waals surface area contributed by atoms with Crippen molar-refractivity contribution in [3.8, 4) is 5.75 Å². The van der Waals surface area contributed by atoms with E-state index in [-0.39, 0.29) is 12.6 Å². The van der Waals surface area contributed by atoms with E-state index in [0.29, 0.717) is 18.5 Å². The minimum absolute atomic E-state index is 0.0725. The standard InChI is InChI=1S/C16H26N2O2/c1-20-16-9-5-3-7-13(16)15(10-17)18-14-8-4-2-6-12(14)11-19/h3,5,7,9,12,14-15,18-19H,2,4,6,8,10-11,17H2,1H3. The van der Waals surface area contributed by atoms with E-state index in [1.54, 1.807) is 7.11 Å². The van der Waals surface area contributed by atoms with Gasteiger partial charge in [0.15, 0.2) is 0 Å². The van der Waals surface area contributed by atoms with Crippen molar-refractivity contribution in [2.45, 2.75) is 37.8 Å². The Bertz CT molecular complexity index is 411. The molecule has 4 N–H and O–H groups in total. The van der Waals surface area contributed by atoms with Crippen LogP contribution >= 0.6 is 0 Å². The van der Waals surface area contributed by atoms with Crippen molar-refractivity contribution in [2.75, 3.05) is 20.3 Å². The summed E-state index contributed by atoms with van der Waals surface area (Å²) in [7, 11) is 1.68. The van der Waals surface area contributed by atoms with Crippen LogP contribution in [0.5, 0.6) is 5.75 Å². The van der Waals surface area contributed by atoms with Crippen LogP contribution in [0, 0.1) is 5.92 Å². The number of aliphatic hydroxyl groups is 1. The summed E-state index contributed by atoms with van der Waals surface area (Å²) < 4.78 is 5.43. The fourth-order valence-corrected chi connectivity index (χ4v) is 3.14. The number of nitrogens with two attached hydrogens (primary N) is 1. The van der Waals surface area contributed by atoms with Gasteiger partial charge in [-0.05, 0) is 24.8 Å². The fraction of sp³-hybridized carbons (Fsp3) is 0.625. The smallest absolute Gasteiger partial charge is 0.123 e. The Morgan fingerprint density at radius 3 is 2.80 bits per heavy atom. The molecule has 4 nitrogen and oxygen atoms in total. The number of rotatable bonds is 6. The highest BCUT2D eigenvalue weighted by Crippen LogP contribution is 2.29. The molecule has 0 bridgehead atoms. The van der Waals surface area contributed by atoms with E-state index in [2.05, 4.69) is 11.4 Å². The van der Waals surface area contributed by atoms with Crippen LogP contribution in [0.3, 0.4) is 0 Å². The highest BCUT2D eigenvalue weighted by atomic mass is 16.5. The maximum absolute atomic E-state index is 9.52. The van der Waals surface area contributed by atoms with Crippen molar-refractivity contribution in [2.24, 2.45) is 11.7 Å². The van der Waals surface area contributed by atoms with Crippen molar-refractivity contribution in [3.63, 3.8) is 0 Å². The van der Waals surface area contributed by atoms with Gasteiger partial charge in [-0.15, -0.1) is 0 Å². The van der Waals surface area contributed by atoms with Crippen molar-refractivity contribution < 1.29 is 9.84 Å². The number of para-hydroxylation sites is 1. The fourth-order valence-electron chi connectivity index (χ4n) is 3.14. The van der Waals surface area contributed by atoms with Gasteiger partial charge < -0.3 is 20.9 Å². The summed E-state index contributed by atoms with van der Waals surface area (Å²) in [6.45, 7) is 0.774. The molecular formula is C16H26N2O2. The third-order valence-electron chi connectivity index (χ3n) is 4.31. The van der Waals surface area contributed by atoms with Crippen molar-refractivity contribution in [1.29, 1.82) is 0 Å². The Kier molecular flexibility index (Phi) is 5.83. The zero-order valence-electron chi connectivity index (χ0n) is 12.2. The Hall–Kier alpha value is -1.10. The Morgan fingerprint density at radius 1 is 1.35 bits per heavy atom. The molecule has 1 aromatic carbocycles. The number of benzene rings is 1. The zero-order chi connectivity index (χ0) is 14.4. The van der Waals surface area contributed by atoms with Crippen LogP contribution < -0.4 is 15.8 Å². The molecule has 0 radical (unpaired) electrons. The van der Waals surface area contributed by atoms with E-state index in [0.717, 1.165) is 24.2 Å². The average molecular weight is 278 g/mol. The van der Waals surface area contributed by atoms with E-state index in [4.69, 9.17) is 10.5 Å². The second kappa shape index (κ2) is 7.62. The van der Waals surface area contributed by atoms with Crippen LogP contribution in [0.15, 0.2) is 24.3 Å². The van der Waals surface area contributed by atoms with Gasteiger partial charge >= 0.3 is 0 Å². The topological polar surface area (TPSA) is 67.5 Å². The van der Waals surface area contributed by atoms with Crippen molar-refractivity contribution in [1.82, 2.24) is 5.32 Å². The molecule has 4 heteroatoms. The third-order valence-corrected chi connectivity index (χ3v) is 4.31. The van der Waals surface area contributed by atoms with Crippen LogP contribution in [0.4, 0.5) is 0 Å². The predicted octanol–water partition coefficient (Wildman–Crippen LogP) is 1.84. The summed E-state index contributed by atoms with van der Waals surface area (Å²) in [6, 6.07) is 8.40. The molecule has 1 saturated carbocycles. The van der Waals surface area contributed by atoms with Crippen LogP contribution in [0.2, 0.25) is 0 Å². The maximum atomic E-state index is 9.52. The van der Waals surface area contributed by atoms with Gasteiger partial charge in [0.1, 0.15) is 5.75 Å². The maximum Gasteiger partial charge on any atom is 0.123 e. The number of methoxy groups -OCH3 is 1. The molecule has 0 heterocycles. The second-order valence-electron chi connectivity index (χ2n) is 5.53. The van der Waals surface area contributed by atoms with E-state index < -0.39 is 0 Å². The number of aliphatic hydroxyl groups excluding tert-OH is 1. The molecule has 0 spiro atoms. The number of hydrogen-bond donors (Lipinski definition) is 3. The predicted molar refractivity (Wildman–Crippen MR) is 80.8 cm³/mol. The molecule has 112 valence electrons. The molecule has 1 aliphatic rings. The molecule has 1 aromatic rings. The van der Waals surface area contributed by atoms with Gasteiger partial charge in [0.2, 0.25) is 0 Å². The van der Waals surface area contributed by atoms with E-state index in [9.17, 15) is 5.11 Å². The summed E-state index contributed by atoms with van der Waals surface area (Å²) in [5.41, 5.74) is 7.05. The number of hydrogen-bond acceptors (Lipinski definition) is 4. The molecular weight excluding hydrogens is 252 g/mol. The average Bonchev–Trinajstić information content (AvgIpc) is 2.53. The second-order valence-corrected chi connectivity index (χ2v) is 5.53. The lowest BCUT2D eigenvalue weighted by Gasteiger charge is -2.34. The summed E-state index contributed by atoms with van der Waals surface area (Å²) in [5.74, 6) is 1.21. The first-order valence-electron chi connectivity index (χ1n) is 7.50. The zero-order valence-corrected chi connectivity index (χ0v) is 12.2. The van der Waals surface area contributed by atoms with Crippen LogP contribution in [-0.4, -0.2) is 31.4 Å². The van der Waals surface area contributed by atoms with Gasteiger partial charge in [-0.3, -0.25) is 0 Å². The monoisotopic (exact) mass is 278 g/mol. The molecule has 0 saturated heterocycles. The van der Waals surface area contributed by atoms with Crippen LogP contribution in [0.25, 0.3) is 0 Å². The van der Waals surface area contributed by atoms with Gasteiger partial charge in [-0.1, -0.05) is 31.0 Å². The van der Waals surface area contributed by atoms with E-state index in [1.807, 2.05) is 18.2 Å². The van der Waals surface area contributed by atoms with Crippen LogP contribution in [-0.2, 0) is 0 Å². The Labute approximate surface area is 121 Å². The normalized spacial score (nSPS) is 24.4. The Balaban J connectivity index is 2.11. The van der Waals surface area contributed by atoms with Crippen molar-refractivity contribution in [3.05, 3.63) is 29.8 Å². The lowest BCUT2D eigenvalue weighted by molar-refractivity contribution is 0.146. The quantitative estimate of drug-likeness (QED) is 0.743. The molecule has 0 aromatic heterocycles. The van der Waals surface area contributed by atoms with Gasteiger partial charge in [0.05, 0.1) is 7.11 Å². The highest BCUT2D eigenvalue weighted by Gasteiger charge is 2.27. The van der Waals surface area contributed by atoms with Gasteiger partial charge in [-0.2, -0.15) is 0 Å². The lowest BCUT2D eigenvalue weighted by Crippen LogP contribution is -2.44. The van der Waals surface area contributed by atoms with Gasteiger partial charge in [-0.25, -0.2) is 0 Å². The van der Waals surface area contributed by atoms with Gasteiger partial charge in [0, 0.05) is 30.8 Å². The molecule has 0 aliphatic heterocycles. The summed E-state index contributed by atoms with van der Waals surface area (Å²) in [6.07, 6.45) is 4.64. The molecule has 2 rings (SSSR count). The molecule has 3 atom stereocenters. The minimum atomic E-state index is 0.0725. The first-order chi connectivity index (χ1) is 9.80. The SMILES string of the molecule is COc1ccccc1C(CN)NC1CCCCC1CO. The summed E-state index contributed by atoms with van der Waals surface area (Å²) in [5, 5.41) is 13.2. The van der Waals surface area contributed by atoms with Gasteiger partial charge in [0.25, 0.3) is 0 Å². The van der Waals surface area contributed by atoms with E-state index >= 15 is 0 Å². The molecule has 3 unspecified atom stereocenters. The first kappa shape index (κ1) is 15.3. The minimum Gasteiger partial charge on any atom is -0.496 e. The molecule has 1 aliphatic carbocycles. The highest BCUT2D eigenvalue weighted by molar-refractivity contribution is 5.36. The first-order valence-corrected chi connectivity index (χ1v) is 7.50. The Morgan fingerprint density at radius 2 is 2.10 bits per heavy atom. The lowest BCUT2D eigenvalue weighted by atomic mass is 9.84. The number of nitrogens with one attached hydrogen (secondary N) is 1. The van der Waals surface area contributed by atoms with E-state index in [1.165, 1.54) is 12.8 Å². The summed E-state index contributed by atoms with van der Waals surface area (Å²) >= 11 is 0. The molecule has 0 amide bonds. The third kappa shape index (κ3) is 3.51. The molecule has 20 heavy (non-hydrogen) atoms. The molecule has 1 fully saturated rings. The summed E-state index contributed by atoms with van der Waals surface area (Å²) in [4.78, 5) is 0. The number of ether oxygens (including phenoxy) is 1. The largest absolute Gasteiger partial charge is 0.496 e. The van der Waals surface area contributed by atoms with Crippen molar-refractivity contribution >= 4 is 0 Å².